The van der Waals surface area contributed by atoms with Crippen LogP contribution in [-0.4, -0.2) is 46.3 Å². The van der Waals surface area contributed by atoms with Gasteiger partial charge in [0.15, 0.2) is 5.12 Å². The lowest BCUT2D eigenvalue weighted by Gasteiger charge is -2.20. The van der Waals surface area contributed by atoms with Crippen LogP contribution in [0, 0.1) is 0 Å². The van der Waals surface area contributed by atoms with Crippen LogP contribution in [0.25, 0.3) is 0 Å². The Hall–Kier alpha value is -1.08. The summed E-state index contributed by atoms with van der Waals surface area (Å²) in [5.41, 5.74) is 2.22. The Labute approximate surface area is 96.6 Å². The summed E-state index contributed by atoms with van der Waals surface area (Å²) in [4.78, 5) is 40.2. The predicted molar refractivity (Wildman–Crippen MR) is 56.3 cm³/mol. The Balaban J connectivity index is 1.99. The molecule has 0 aliphatic carbocycles. The molecule has 0 radical (unpaired) electrons. The van der Waals surface area contributed by atoms with Crippen molar-refractivity contribution in [3.8, 4) is 0 Å². The Morgan fingerprint density at radius 2 is 2.31 bits per heavy atom. The molecule has 2 amide bonds. The third kappa shape index (κ3) is 2.19. The van der Waals surface area contributed by atoms with Crippen LogP contribution in [0.15, 0.2) is 0 Å². The molecular weight excluding hydrogens is 232 g/mol. The highest BCUT2D eigenvalue weighted by Gasteiger charge is 2.40. The van der Waals surface area contributed by atoms with Crippen molar-refractivity contribution in [1.82, 2.24) is 10.4 Å². The summed E-state index contributed by atoms with van der Waals surface area (Å²) >= 11 is 1.16. The number of rotatable bonds is 2. The lowest BCUT2D eigenvalue weighted by Crippen LogP contribution is -2.43. The summed E-state index contributed by atoms with van der Waals surface area (Å²) in [5, 5.41) is -0.0508. The maximum Gasteiger partial charge on any atom is 0.268 e. The molecule has 0 saturated carbocycles. The fraction of sp³-hybridized carbons (Fsp3) is 0.667. The third-order valence-corrected chi connectivity index (χ3v) is 3.53. The standard InChI is InChI=1S/C9H12N2O4S/c1-5(12)16-6-2-8(13)11(3-6)7-4-15-10-9(7)14/h6-7H,2-4H2,1H3,(H,10,14)/t6?,7-/m0/s1. The average molecular weight is 244 g/mol. The molecule has 0 aromatic rings. The minimum atomic E-state index is -0.537. The van der Waals surface area contributed by atoms with E-state index in [9.17, 15) is 14.4 Å². The summed E-state index contributed by atoms with van der Waals surface area (Å²) in [6, 6.07) is -0.537. The van der Waals surface area contributed by atoms with Gasteiger partial charge in [0.1, 0.15) is 12.6 Å². The van der Waals surface area contributed by atoms with Gasteiger partial charge in [-0.1, -0.05) is 11.8 Å². The van der Waals surface area contributed by atoms with Crippen LogP contribution in [0.1, 0.15) is 13.3 Å². The molecule has 0 bridgehead atoms. The molecule has 88 valence electrons. The van der Waals surface area contributed by atoms with Crippen LogP contribution < -0.4 is 5.48 Å². The van der Waals surface area contributed by atoms with Gasteiger partial charge in [-0.25, -0.2) is 5.48 Å². The van der Waals surface area contributed by atoms with Crippen molar-refractivity contribution in [2.45, 2.75) is 24.6 Å². The van der Waals surface area contributed by atoms with E-state index in [4.69, 9.17) is 4.84 Å². The first-order valence-corrected chi connectivity index (χ1v) is 5.84. The number of likely N-dealkylation sites (tertiary alicyclic amines) is 1. The molecule has 0 spiro atoms. The molecule has 1 N–H and O–H groups in total. The van der Waals surface area contributed by atoms with Crippen molar-refractivity contribution < 1.29 is 19.2 Å². The van der Waals surface area contributed by atoms with Gasteiger partial charge in [0.05, 0.1) is 0 Å². The lowest BCUT2D eigenvalue weighted by atomic mass is 10.3. The highest BCUT2D eigenvalue weighted by atomic mass is 32.2. The second-order valence-corrected chi connectivity index (χ2v) is 5.25. The zero-order valence-corrected chi connectivity index (χ0v) is 9.58. The number of carbonyl (C=O) groups excluding carboxylic acids is 3. The van der Waals surface area contributed by atoms with E-state index < -0.39 is 6.04 Å². The number of amides is 2. The maximum absolute atomic E-state index is 11.7. The zero-order chi connectivity index (χ0) is 11.7. The van der Waals surface area contributed by atoms with Gasteiger partial charge < -0.3 is 4.90 Å². The van der Waals surface area contributed by atoms with Crippen LogP contribution >= 0.6 is 11.8 Å². The van der Waals surface area contributed by atoms with E-state index in [0.29, 0.717) is 13.0 Å². The van der Waals surface area contributed by atoms with E-state index in [1.165, 1.54) is 11.8 Å². The molecule has 2 rings (SSSR count). The number of hydrogen-bond donors (Lipinski definition) is 1. The largest absolute Gasteiger partial charge is 0.327 e. The van der Waals surface area contributed by atoms with E-state index in [2.05, 4.69) is 5.48 Å². The number of hydrogen-bond acceptors (Lipinski definition) is 5. The molecule has 2 atom stereocenters. The van der Waals surface area contributed by atoms with Crippen molar-refractivity contribution >= 4 is 28.7 Å². The normalized spacial score (nSPS) is 29.7. The molecule has 7 heteroatoms. The number of nitrogens with zero attached hydrogens (tertiary/aromatic N) is 1. The van der Waals surface area contributed by atoms with Crippen molar-refractivity contribution in [3.05, 3.63) is 0 Å². The van der Waals surface area contributed by atoms with Crippen LogP contribution in [0.2, 0.25) is 0 Å². The summed E-state index contributed by atoms with van der Waals surface area (Å²) in [7, 11) is 0. The van der Waals surface area contributed by atoms with Gasteiger partial charge in [0.2, 0.25) is 5.91 Å². The molecule has 16 heavy (non-hydrogen) atoms. The van der Waals surface area contributed by atoms with Gasteiger partial charge in [0.25, 0.3) is 5.91 Å². The SMILES string of the molecule is CC(=O)SC1CC(=O)N([C@H]2CONC2=O)C1. The van der Waals surface area contributed by atoms with Gasteiger partial charge >= 0.3 is 0 Å². The van der Waals surface area contributed by atoms with Crippen LogP contribution in [0.5, 0.6) is 0 Å². The molecular formula is C9H12N2O4S. The number of thioether (sulfide) groups is 1. The van der Waals surface area contributed by atoms with Gasteiger partial charge in [-0.15, -0.1) is 0 Å². The summed E-state index contributed by atoms with van der Waals surface area (Å²) in [6.45, 7) is 2.09. The minimum absolute atomic E-state index is 0.00762. The first-order chi connectivity index (χ1) is 7.58. The third-order valence-electron chi connectivity index (χ3n) is 2.55. The van der Waals surface area contributed by atoms with Crippen molar-refractivity contribution in [2.24, 2.45) is 0 Å². The Bertz CT molecular complexity index is 346. The second-order valence-electron chi connectivity index (χ2n) is 3.77. The minimum Gasteiger partial charge on any atom is -0.327 e. The fourth-order valence-corrected chi connectivity index (χ4v) is 2.81. The highest BCUT2D eigenvalue weighted by molar-refractivity contribution is 8.14. The van der Waals surface area contributed by atoms with Gasteiger partial charge in [-0.3, -0.25) is 19.2 Å². The number of nitrogens with one attached hydrogen (secondary N) is 1. The van der Waals surface area contributed by atoms with E-state index in [0.717, 1.165) is 11.8 Å². The zero-order valence-electron chi connectivity index (χ0n) is 8.76. The summed E-state index contributed by atoms with van der Waals surface area (Å²) < 4.78 is 0. The van der Waals surface area contributed by atoms with E-state index >= 15 is 0 Å². The molecule has 2 aliphatic heterocycles. The summed E-state index contributed by atoms with van der Waals surface area (Å²) in [6.07, 6.45) is 0.314. The highest BCUT2D eigenvalue weighted by Crippen LogP contribution is 2.26. The van der Waals surface area contributed by atoms with Gasteiger partial charge in [0, 0.05) is 25.1 Å². The topological polar surface area (TPSA) is 75.7 Å². The molecule has 0 aromatic heterocycles. The monoisotopic (exact) mass is 244 g/mol. The van der Waals surface area contributed by atoms with Crippen molar-refractivity contribution in [1.29, 1.82) is 0 Å². The smallest absolute Gasteiger partial charge is 0.268 e. The number of carbonyl (C=O) groups is 3. The Kier molecular flexibility index (Phi) is 3.15. The van der Waals surface area contributed by atoms with E-state index in [-0.39, 0.29) is 28.8 Å². The first kappa shape index (κ1) is 11.4. The van der Waals surface area contributed by atoms with Crippen molar-refractivity contribution in [3.63, 3.8) is 0 Å². The van der Waals surface area contributed by atoms with E-state index in [1.54, 1.807) is 0 Å². The summed E-state index contributed by atoms with van der Waals surface area (Å²) in [5.74, 6) is -0.383. The molecule has 2 saturated heterocycles. The average Bonchev–Trinajstić information content (AvgIpc) is 2.71. The number of hydroxylamine groups is 1. The Morgan fingerprint density at radius 3 is 2.88 bits per heavy atom. The van der Waals surface area contributed by atoms with E-state index in [1.807, 2.05) is 0 Å². The van der Waals surface area contributed by atoms with Crippen LogP contribution in [0.4, 0.5) is 0 Å². The second kappa shape index (κ2) is 4.42. The molecule has 2 aliphatic rings. The quantitative estimate of drug-likeness (QED) is 0.695. The van der Waals surface area contributed by atoms with Crippen LogP contribution in [0.3, 0.4) is 0 Å². The lowest BCUT2D eigenvalue weighted by molar-refractivity contribution is -0.135. The van der Waals surface area contributed by atoms with Crippen LogP contribution in [-0.2, 0) is 19.2 Å². The molecule has 0 aromatic carbocycles. The van der Waals surface area contributed by atoms with Gasteiger partial charge in [-0.05, 0) is 0 Å². The maximum atomic E-state index is 11.7. The molecule has 1 unspecified atom stereocenters. The molecule has 2 heterocycles. The fourth-order valence-electron chi connectivity index (χ4n) is 1.88. The first-order valence-electron chi connectivity index (χ1n) is 4.96. The molecule has 2 fully saturated rings. The molecule has 6 nitrogen and oxygen atoms in total. The van der Waals surface area contributed by atoms with Crippen molar-refractivity contribution in [2.75, 3.05) is 13.2 Å². The predicted octanol–water partition coefficient (Wildman–Crippen LogP) is -0.703. The van der Waals surface area contributed by atoms with Gasteiger partial charge in [-0.2, -0.15) is 0 Å². The Morgan fingerprint density at radius 1 is 1.56 bits per heavy atom.